The van der Waals surface area contributed by atoms with E-state index in [-0.39, 0.29) is 5.97 Å². The molecule has 0 saturated carbocycles. The average molecular weight is 262 g/mol. The summed E-state index contributed by atoms with van der Waals surface area (Å²) in [6, 6.07) is 8.71. The van der Waals surface area contributed by atoms with Gasteiger partial charge in [0.1, 0.15) is 0 Å². The van der Waals surface area contributed by atoms with Crippen molar-refractivity contribution in [2.24, 2.45) is 0 Å². The topological polar surface area (TPSA) is 41.6 Å². The van der Waals surface area contributed by atoms with Gasteiger partial charge in [-0.25, -0.2) is 4.79 Å². The molecule has 4 heteroatoms. The SMILES string of the molecule is COC(=O)c1cccc(CN2CC(C)NCC2C)c1. The lowest BCUT2D eigenvalue weighted by atomic mass is 10.1. The molecule has 0 aliphatic carbocycles. The maximum Gasteiger partial charge on any atom is 0.337 e. The van der Waals surface area contributed by atoms with Crippen LogP contribution in [0.1, 0.15) is 29.8 Å². The zero-order valence-corrected chi connectivity index (χ0v) is 11.8. The predicted octanol–water partition coefficient (Wildman–Crippen LogP) is 1.66. The number of piperazine rings is 1. The first-order valence-electron chi connectivity index (χ1n) is 6.75. The summed E-state index contributed by atoms with van der Waals surface area (Å²) in [5, 5.41) is 3.47. The fourth-order valence-corrected chi connectivity index (χ4v) is 2.47. The number of benzene rings is 1. The third kappa shape index (κ3) is 3.55. The molecule has 0 bridgehead atoms. The standard InChI is InChI=1S/C15H22N2O2/c1-11-9-17(12(2)8-16-11)10-13-5-4-6-14(7-13)15(18)19-3/h4-7,11-12,16H,8-10H2,1-3H3. The maximum absolute atomic E-state index is 11.5. The number of carbonyl (C=O) groups excluding carboxylic acids is 1. The quantitative estimate of drug-likeness (QED) is 0.841. The van der Waals surface area contributed by atoms with E-state index < -0.39 is 0 Å². The van der Waals surface area contributed by atoms with E-state index in [1.807, 2.05) is 12.1 Å². The van der Waals surface area contributed by atoms with Crippen LogP contribution in [0.15, 0.2) is 24.3 Å². The molecule has 4 nitrogen and oxygen atoms in total. The molecule has 1 heterocycles. The fraction of sp³-hybridized carbons (Fsp3) is 0.533. The summed E-state index contributed by atoms with van der Waals surface area (Å²) >= 11 is 0. The van der Waals surface area contributed by atoms with Crippen molar-refractivity contribution in [2.45, 2.75) is 32.5 Å². The molecule has 2 rings (SSSR count). The Morgan fingerprint density at radius 1 is 1.47 bits per heavy atom. The van der Waals surface area contributed by atoms with Gasteiger partial charge in [0.2, 0.25) is 0 Å². The third-order valence-corrected chi connectivity index (χ3v) is 3.63. The van der Waals surface area contributed by atoms with E-state index in [1.165, 1.54) is 7.11 Å². The molecule has 1 aromatic rings. The van der Waals surface area contributed by atoms with Crippen LogP contribution in [-0.2, 0) is 11.3 Å². The highest BCUT2D eigenvalue weighted by Crippen LogP contribution is 2.14. The summed E-state index contributed by atoms with van der Waals surface area (Å²) in [7, 11) is 1.41. The zero-order chi connectivity index (χ0) is 13.8. The predicted molar refractivity (Wildman–Crippen MR) is 75.1 cm³/mol. The molecule has 0 aromatic heterocycles. The van der Waals surface area contributed by atoms with Gasteiger partial charge in [-0.05, 0) is 31.5 Å². The van der Waals surface area contributed by atoms with E-state index >= 15 is 0 Å². The number of hydrogen-bond acceptors (Lipinski definition) is 4. The zero-order valence-electron chi connectivity index (χ0n) is 11.8. The van der Waals surface area contributed by atoms with Crippen LogP contribution in [0.25, 0.3) is 0 Å². The van der Waals surface area contributed by atoms with E-state index in [1.54, 1.807) is 6.07 Å². The molecule has 1 saturated heterocycles. The van der Waals surface area contributed by atoms with Gasteiger partial charge in [0.15, 0.2) is 0 Å². The van der Waals surface area contributed by atoms with Crippen molar-refractivity contribution >= 4 is 5.97 Å². The lowest BCUT2D eigenvalue weighted by Gasteiger charge is -2.37. The summed E-state index contributed by atoms with van der Waals surface area (Å²) in [5.74, 6) is -0.274. The van der Waals surface area contributed by atoms with Crippen LogP contribution in [0.5, 0.6) is 0 Å². The van der Waals surface area contributed by atoms with Gasteiger partial charge in [0.25, 0.3) is 0 Å². The van der Waals surface area contributed by atoms with Gasteiger partial charge in [-0.2, -0.15) is 0 Å². The van der Waals surface area contributed by atoms with E-state index in [4.69, 9.17) is 4.74 Å². The highest BCUT2D eigenvalue weighted by Gasteiger charge is 2.22. The van der Waals surface area contributed by atoms with E-state index in [9.17, 15) is 4.79 Å². The molecule has 0 spiro atoms. The van der Waals surface area contributed by atoms with Gasteiger partial charge in [0, 0.05) is 31.7 Å². The molecule has 2 unspecified atom stereocenters. The summed E-state index contributed by atoms with van der Waals surface area (Å²) < 4.78 is 4.76. The molecule has 19 heavy (non-hydrogen) atoms. The monoisotopic (exact) mass is 262 g/mol. The van der Waals surface area contributed by atoms with E-state index in [2.05, 4.69) is 30.1 Å². The summed E-state index contributed by atoms with van der Waals surface area (Å²) in [4.78, 5) is 14.0. The highest BCUT2D eigenvalue weighted by atomic mass is 16.5. The molecule has 1 aliphatic heterocycles. The molecule has 1 N–H and O–H groups in total. The van der Waals surface area contributed by atoms with Crippen molar-refractivity contribution in [1.29, 1.82) is 0 Å². The fourth-order valence-electron chi connectivity index (χ4n) is 2.47. The Labute approximate surface area is 114 Å². The number of esters is 1. The Morgan fingerprint density at radius 2 is 2.26 bits per heavy atom. The molecule has 104 valence electrons. The van der Waals surface area contributed by atoms with Gasteiger partial charge in [0.05, 0.1) is 12.7 Å². The van der Waals surface area contributed by atoms with Gasteiger partial charge in [-0.3, -0.25) is 4.90 Å². The molecule has 0 radical (unpaired) electrons. The van der Waals surface area contributed by atoms with E-state index in [0.717, 1.165) is 25.2 Å². The number of methoxy groups -OCH3 is 1. The van der Waals surface area contributed by atoms with Crippen LogP contribution in [0.2, 0.25) is 0 Å². The molecule has 2 atom stereocenters. The van der Waals surface area contributed by atoms with Crippen molar-refractivity contribution in [3.05, 3.63) is 35.4 Å². The Kier molecular flexibility index (Phi) is 4.56. The molecule has 1 fully saturated rings. The highest BCUT2D eigenvalue weighted by molar-refractivity contribution is 5.89. The molecule has 0 amide bonds. The number of nitrogens with zero attached hydrogens (tertiary/aromatic N) is 1. The average Bonchev–Trinajstić information content (AvgIpc) is 2.42. The molecule has 1 aliphatic rings. The normalized spacial score (nSPS) is 24.2. The van der Waals surface area contributed by atoms with Crippen LogP contribution in [0, 0.1) is 0 Å². The van der Waals surface area contributed by atoms with Gasteiger partial charge in [-0.15, -0.1) is 0 Å². The van der Waals surface area contributed by atoms with Gasteiger partial charge >= 0.3 is 5.97 Å². The Balaban J connectivity index is 2.08. The second kappa shape index (κ2) is 6.17. The van der Waals surface area contributed by atoms with Crippen LogP contribution < -0.4 is 5.32 Å². The maximum atomic E-state index is 11.5. The largest absolute Gasteiger partial charge is 0.465 e. The number of rotatable bonds is 3. The second-order valence-electron chi connectivity index (χ2n) is 5.28. The van der Waals surface area contributed by atoms with E-state index in [0.29, 0.717) is 17.6 Å². The van der Waals surface area contributed by atoms with Gasteiger partial charge < -0.3 is 10.1 Å². The minimum Gasteiger partial charge on any atom is -0.465 e. The number of carbonyl (C=O) groups is 1. The van der Waals surface area contributed by atoms with Crippen molar-refractivity contribution in [1.82, 2.24) is 10.2 Å². The van der Waals surface area contributed by atoms with Crippen molar-refractivity contribution in [3.8, 4) is 0 Å². The van der Waals surface area contributed by atoms with Crippen LogP contribution in [0.3, 0.4) is 0 Å². The lowest BCUT2D eigenvalue weighted by molar-refractivity contribution is 0.0600. The Hall–Kier alpha value is -1.39. The summed E-state index contributed by atoms with van der Waals surface area (Å²) in [6.07, 6.45) is 0. The minimum atomic E-state index is -0.274. The van der Waals surface area contributed by atoms with Crippen LogP contribution >= 0.6 is 0 Å². The third-order valence-electron chi connectivity index (χ3n) is 3.63. The first-order valence-corrected chi connectivity index (χ1v) is 6.75. The number of ether oxygens (including phenoxy) is 1. The van der Waals surface area contributed by atoms with Gasteiger partial charge in [-0.1, -0.05) is 12.1 Å². The smallest absolute Gasteiger partial charge is 0.337 e. The lowest BCUT2D eigenvalue weighted by Crippen LogP contribution is -2.53. The molecular weight excluding hydrogens is 240 g/mol. The van der Waals surface area contributed by atoms with Crippen molar-refractivity contribution in [3.63, 3.8) is 0 Å². The Bertz CT molecular complexity index is 448. The second-order valence-corrected chi connectivity index (χ2v) is 5.28. The minimum absolute atomic E-state index is 0.274. The summed E-state index contributed by atoms with van der Waals surface area (Å²) in [5.41, 5.74) is 1.78. The van der Waals surface area contributed by atoms with Crippen molar-refractivity contribution in [2.75, 3.05) is 20.2 Å². The molecule has 1 aromatic carbocycles. The van der Waals surface area contributed by atoms with Crippen LogP contribution in [-0.4, -0.2) is 43.2 Å². The number of nitrogens with one attached hydrogen (secondary N) is 1. The summed E-state index contributed by atoms with van der Waals surface area (Å²) in [6.45, 7) is 7.34. The van der Waals surface area contributed by atoms with Crippen LogP contribution in [0.4, 0.5) is 0 Å². The number of hydrogen-bond donors (Lipinski definition) is 1. The Morgan fingerprint density at radius 3 is 3.00 bits per heavy atom. The first-order chi connectivity index (χ1) is 9.10. The van der Waals surface area contributed by atoms with Crippen molar-refractivity contribution < 1.29 is 9.53 Å². The first kappa shape index (κ1) is 14.0. The molecular formula is C15H22N2O2.